The fraction of sp³-hybridized carbons (Fsp3) is 0.350. The van der Waals surface area contributed by atoms with Gasteiger partial charge in [0.15, 0.2) is 0 Å². The van der Waals surface area contributed by atoms with Crippen molar-refractivity contribution in [3.8, 4) is 5.75 Å². The molecule has 0 saturated carbocycles. The maximum Gasteiger partial charge on any atom is 0.267 e. The molecule has 134 valence electrons. The predicted octanol–water partition coefficient (Wildman–Crippen LogP) is 1.89. The molecule has 4 rings (SSSR count). The van der Waals surface area contributed by atoms with Gasteiger partial charge in [0.05, 0.1) is 19.0 Å². The van der Waals surface area contributed by atoms with Crippen molar-refractivity contribution in [2.24, 2.45) is 5.73 Å². The molecule has 1 saturated heterocycles. The summed E-state index contributed by atoms with van der Waals surface area (Å²) < 4.78 is 5.84. The van der Waals surface area contributed by atoms with E-state index in [9.17, 15) is 9.59 Å². The first-order valence-corrected chi connectivity index (χ1v) is 8.91. The van der Waals surface area contributed by atoms with Gasteiger partial charge >= 0.3 is 0 Å². The lowest BCUT2D eigenvalue weighted by molar-refractivity contribution is -0.142. The molecule has 6 heteroatoms. The standard InChI is InChI=1S/C20H21N3O3/c21-19(24)18-10-14(8-9-22-18)26-15-11-23(12-15)20(25)17-7-3-5-13-4-1-2-6-16(13)17/h1-2,4,6,8-10,15,17H,3,5,7,11-12H2,(H2,21,24). The highest BCUT2D eigenvalue weighted by atomic mass is 16.5. The molecule has 1 aromatic carbocycles. The SMILES string of the molecule is NC(=O)c1cc(OC2CN(C(=O)C3CCCc4ccccc43)C2)ccn1. The zero-order valence-electron chi connectivity index (χ0n) is 14.4. The molecule has 1 unspecified atom stereocenters. The van der Waals surface area contributed by atoms with Crippen molar-refractivity contribution in [3.05, 3.63) is 59.4 Å². The molecule has 2 aromatic rings. The van der Waals surface area contributed by atoms with Crippen LogP contribution in [0, 0.1) is 0 Å². The summed E-state index contributed by atoms with van der Waals surface area (Å²) in [6.45, 7) is 1.12. The summed E-state index contributed by atoms with van der Waals surface area (Å²) in [6.07, 6.45) is 4.44. The molecule has 0 spiro atoms. The molecule has 1 fully saturated rings. The van der Waals surface area contributed by atoms with E-state index in [-0.39, 0.29) is 23.6 Å². The van der Waals surface area contributed by atoms with Crippen molar-refractivity contribution in [2.75, 3.05) is 13.1 Å². The van der Waals surface area contributed by atoms with Gasteiger partial charge in [0.25, 0.3) is 5.91 Å². The molecule has 1 aliphatic heterocycles. The Labute approximate surface area is 152 Å². The fourth-order valence-corrected chi connectivity index (χ4v) is 3.74. The van der Waals surface area contributed by atoms with Crippen LogP contribution in [0.15, 0.2) is 42.6 Å². The molecule has 26 heavy (non-hydrogen) atoms. The average Bonchev–Trinajstić information content (AvgIpc) is 2.63. The quantitative estimate of drug-likeness (QED) is 0.911. The first-order valence-electron chi connectivity index (χ1n) is 8.91. The Bertz CT molecular complexity index is 846. The Balaban J connectivity index is 1.37. The summed E-state index contributed by atoms with van der Waals surface area (Å²) in [5.74, 6) is 0.110. The van der Waals surface area contributed by atoms with Gasteiger partial charge in [-0.3, -0.25) is 14.6 Å². The number of nitrogens with two attached hydrogens (primary N) is 1. The number of aryl methyl sites for hydroxylation is 1. The van der Waals surface area contributed by atoms with Gasteiger partial charge in [-0.1, -0.05) is 24.3 Å². The van der Waals surface area contributed by atoms with Crippen molar-refractivity contribution in [1.29, 1.82) is 0 Å². The number of rotatable bonds is 4. The van der Waals surface area contributed by atoms with E-state index in [0.717, 1.165) is 19.3 Å². The molecule has 0 radical (unpaired) electrons. The number of amides is 2. The van der Waals surface area contributed by atoms with Gasteiger partial charge in [-0.25, -0.2) is 0 Å². The number of hydrogen-bond acceptors (Lipinski definition) is 4. The number of carbonyl (C=O) groups is 2. The second-order valence-electron chi connectivity index (χ2n) is 6.87. The minimum atomic E-state index is -0.586. The van der Waals surface area contributed by atoms with Crippen molar-refractivity contribution in [2.45, 2.75) is 31.3 Å². The minimum absolute atomic E-state index is 0.0386. The number of likely N-dealkylation sites (tertiary alicyclic amines) is 1. The third-order valence-electron chi connectivity index (χ3n) is 5.11. The summed E-state index contributed by atoms with van der Waals surface area (Å²) in [7, 11) is 0. The zero-order chi connectivity index (χ0) is 18.1. The Morgan fingerprint density at radius 1 is 1.19 bits per heavy atom. The number of hydrogen-bond donors (Lipinski definition) is 1. The molecular weight excluding hydrogens is 330 g/mol. The van der Waals surface area contributed by atoms with Gasteiger partial charge in [-0.15, -0.1) is 0 Å². The van der Waals surface area contributed by atoms with Crippen LogP contribution in [-0.4, -0.2) is 40.9 Å². The number of carbonyl (C=O) groups excluding carboxylic acids is 2. The minimum Gasteiger partial charge on any atom is -0.487 e. The number of fused-ring (bicyclic) bond motifs is 1. The Morgan fingerprint density at radius 3 is 2.81 bits per heavy atom. The third-order valence-corrected chi connectivity index (χ3v) is 5.11. The van der Waals surface area contributed by atoms with Crippen molar-refractivity contribution < 1.29 is 14.3 Å². The average molecular weight is 351 g/mol. The topological polar surface area (TPSA) is 85.5 Å². The largest absolute Gasteiger partial charge is 0.487 e. The molecule has 2 heterocycles. The Hall–Kier alpha value is -2.89. The van der Waals surface area contributed by atoms with E-state index in [0.29, 0.717) is 18.8 Å². The lowest BCUT2D eigenvalue weighted by atomic mass is 9.81. The second-order valence-corrected chi connectivity index (χ2v) is 6.87. The monoisotopic (exact) mass is 351 g/mol. The van der Waals surface area contributed by atoms with Crippen molar-refractivity contribution >= 4 is 11.8 Å². The van der Waals surface area contributed by atoms with Crippen molar-refractivity contribution in [1.82, 2.24) is 9.88 Å². The highest BCUT2D eigenvalue weighted by molar-refractivity contribution is 5.91. The lowest BCUT2D eigenvalue weighted by Gasteiger charge is -2.41. The number of pyridine rings is 1. The van der Waals surface area contributed by atoms with E-state index in [1.54, 1.807) is 6.07 Å². The highest BCUT2D eigenvalue weighted by Gasteiger charge is 2.37. The van der Waals surface area contributed by atoms with Crippen LogP contribution in [0.5, 0.6) is 5.75 Å². The molecule has 2 amide bonds. The zero-order valence-corrected chi connectivity index (χ0v) is 14.4. The van der Waals surface area contributed by atoms with Crippen LogP contribution >= 0.6 is 0 Å². The van der Waals surface area contributed by atoms with Gasteiger partial charge < -0.3 is 15.4 Å². The van der Waals surface area contributed by atoms with Gasteiger partial charge in [-0.2, -0.15) is 0 Å². The molecule has 1 aromatic heterocycles. The van der Waals surface area contributed by atoms with Gasteiger partial charge in [-0.05, 0) is 36.5 Å². The number of aromatic nitrogens is 1. The van der Waals surface area contributed by atoms with Crippen LogP contribution in [0.4, 0.5) is 0 Å². The third kappa shape index (κ3) is 3.14. The van der Waals surface area contributed by atoms with Crippen LogP contribution in [0.2, 0.25) is 0 Å². The first-order chi connectivity index (χ1) is 12.6. The van der Waals surface area contributed by atoms with Crippen LogP contribution in [-0.2, 0) is 11.2 Å². The molecular formula is C20H21N3O3. The summed E-state index contributed by atoms with van der Waals surface area (Å²) >= 11 is 0. The molecule has 6 nitrogen and oxygen atoms in total. The Morgan fingerprint density at radius 2 is 2.00 bits per heavy atom. The Kier molecular flexibility index (Phi) is 4.32. The number of ether oxygens (including phenoxy) is 1. The number of benzene rings is 1. The molecule has 2 aliphatic rings. The lowest BCUT2D eigenvalue weighted by Crippen LogP contribution is -2.57. The summed E-state index contributed by atoms with van der Waals surface area (Å²) in [4.78, 5) is 29.8. The van der Waals surface area contributed by atoms with Gasteiger partial charge in [0.1, 0.15) is 17.5 Å². The van der Waals surface area contributed by atoms with Crippen LogP contribution < -0.4 is 10.5 Å². The van der Waals surface area contributed by atoms with E-state index in [4.69, 9.17) is 10.5 Å². The smallest absolute Gasteiger partial charge is 0.267 e. The summed E-state index contributed by atoms with van der Waals surface area (Å²) in [5, 5.41) is 0. The van der Waals surface area contributed by atoms with E-state index in [2.05, 4.69) is 17.1 Å². The molecule has 2 N–H and O–H groups in total. The molecule has 1 atom stereocenters. The number of nitrogens with zero attached hydrogens (tertiary/aromatic N) is 2. The maximum absolute atomic E-state index is 12.9. The summed E-state index contributed by atoms with van der Waals surface area (Å²) in [6, 6.07) is 11.5. The fourth-order valence-electron chi connectivity index (χ4n) is 3.74. The van der Waals surface area contributed by atoms with Crippen molar-refractivity contribution in [3.63, 3.8) is 0 Å². The normalized spacial score (nSPS) is 19.4. The van der Waals surface area contributed by atoms with E-state index in [1.165, 1.54) is 23.4 Å². The van der Waals surface area contributed by atoms with Gasteiger partial charge in [0, 0.05) is 12.3 Å². The molecule has 1 aliphatic carbocycles. The summed E-state index contributed by atoms with van der Waals surface area (Å²) in [5.41, 5.74) is 7.88. The van der Waals surface area contributed by atoms with Crippen LogP contribution in [0.25, 0.3) is 0 Å². The van der Waals surface area contributed by atoms with Gasteiger partial charge in [0.2, 0.25) is 5.91 Å². The maximum atomic E-state index is 12.9. The predicted molar refractivity (Wildman–Crippen MR) is 95.9 cm³/mol. The van der Waals surface area contributed by atoms with Crippen LogP contribution in [0.3, 0.4) is 0 Å². The highest BCUT2D eigenvalue weighted by Crippen LogP contribution is 2.34. The second kappa shape index (κ2) is 6.78. The number of primary amides is 1. The van der Waals surface area contributed by atoms with E-state index < -0.39 is 5.91 Å². The first kappa shape index (κ1) is 16.6. The van der Waals surface area contributed by atoms with Crippen LogP contribution in [0.1, 0.15) is 40.4 Å². The van der Waals surface area contributed by atoms with E-state index in [1.807, 2.05) is 17.0 Å². The van der Waals surface area contributed by atoms with E-state index >= 15 is 0 Å². The molecule has 0 bridgehead atoms.